The van der Waals surface area contributed by atoms with Crippen LogP contribution in [-0.2, 0) is 11.3 Å². The van der Waals surface area contributed by atoms with Crippen LogP contribution in [0.4, 0.5) is 0 Å². The molecule has 1 aromatic heterocycles. The number of halogens is 3. The molecule has 0 saturated heterocycles. The Hall–Kier alpha value is -1.23. The molecule has 0 bridgehead atoms. The van der Waals surface area contributed by atoms with Gasteiger partial charge in [0.05, 0.1) is 5.69 Å². The first-order chi connectivity index (χ1) is 11.5. The Morgan fingerprint density at radius 3 is 2.62 bits per heavy atom. The zero-order valence-electron chi connectivity index (χ0n) is 13.2. The SMILES string of the molecule is Cc1nn(CCCNC(=O)C2CC2c2ccc(Cl)cc2)c(Cl)c1Cl. The third-order valence-electron chi connectivity index (χ3n) is 4.27. The second kappa shape index (κ2) is 7.34. The van der Waals surface area contributed by atoms with Crippen LogP contribution in [0.25, 0.3) is 0 Å². The summed E-state index contributed by atoms with van der Waals surface area (Å²) in [6.45, 7) is 3.03. The molecule has 0 aliphatic heterocycles. The largest absolute Gasteiger partial charge is 0.356 e. The molecule has 2 atom stereocenters. The van der Waals surface area contributed by atoms with E-state index in [0.29, 0.717) is 34.2 Å². The van der Waals surface area contributed by atoms with Gasteiger partial charge in [-0.25, -0.2) is 0 Å². The molecule has 7 heteroatoms. The van der Waals surface area contributed by atoms with Gasteiger partial charge in [-0.2, -0.15) is 5.10 Å². The lowest BCUT2D eigenvalue weighted by molar-refractivity contribution is -0.122. The molecule has 1 aliphatic rings. The maximum atomic E-state index is 12.2. The Morgan fingerprint density at radius 1 is 1.29 bits per heavy atom. The molecule has 0 spiro atoms. The van der Waals surface area contributed by atoms with E-state index in [9.17, 15) is 4.79 Å². The summed E-state index contributed by atoms with van der Waals surface area (Å²) >= 11 is 18.0. The van der Waals surface area contributed by atoms with E-state index >= 15 is 0 Å². The summed E-state index contributed by atoms with van der Waals surface area (Å²) in [7, 11) is 0. The van der Waals surface area contributed by atoms with E-state index in [4.69, 9.17) is 34.8 Å². The first-order valence-corrected chi connectivity index (χ1v) is 9.02. The van der Waals surface area contributed by atoms with Gasteiger partial charge in [-0.15, -0.1) is 0 Å². The molecule has 1 amide bonds. The standard InChI is InChI=1S/C17H18Cl3N3O/c1-10-15(19)16(20)23(22-10)8-2-7-21-17(24)14-9-13(14)11-3-5-12(18)6-4-11/h3-6,13-14H,2,7-9H2,1H3,(H,21,24). The molecule has 128 valence electrons. The van der Waals surface area contributed by atoms with Crippen molar-refractivity contribution in [3.63, 3.8) is 0 Å². The summed E-state index contributed by atoms with van der Waals surface area (Å²) in [5.41, 5.74) is 1.89. The summed E-state index contributed by atoms with van der Waals surface area (Å²) in [4.78, 5) is 12.2. The fraction of sp³-hybridized carbons (Fsp3) is 0.412. The molecular formula is C17H18Cl3N3O. The second-order valence-corrected chi connectivity index (χ2v) is 7.23. The van der Waals surface area contributed by atoms with E-state index in [0.717, 1.165) is 18.5 Å². The molecule has 1 heterocycles. The highest BCUT2D eigenvalue weighted by Gasteiger charge is 2.43. The maximum Gasteiger partial charge on any atom is 0.223 e. The van der Waals surface area contributed by atoms with Gasteiger partial charge in [0, 0.05) is 24.0 Å². The van der Waals surface area contributed by atoms with Gasteiger partial charge >= 0.3 is 0 Å². The van der Waals surface area contributed by atoms with Crippen molar-refractivity contribution < 1.29 is 4.79 Å². The minimum atomic E-state index is 0.0659. The molecular weight excluding hydrogens is 369 g/mol. The highest BCUT2D eigenvalue weighted by Crippen LogP contribution is 2.47. The number of rotatable bonds is 6. The zero-order chi connectivity index (χ0) is 17.3. The molecule has 1 fully saturated rings. The molecule has 2 unspecified atom stereocenters. The van der Waals surface area contributed by atoms with E-state index in [1.165, 1.54) is 5.56 Å². The van der Waals surface area contributed by atoms with Gasteiger partial charge in [0.25, 0.3) is 0 Å². The van der Waals surface area contributed by atoms with Crippen LogP contribution in [0.1, 0.15) is 30.0 Å². The molecule has 1 aromatic carbocycles. The van der Waals surface area contributed by atoms with Gasteiger partial charge in [0.1, 0.15) is 10.2 Å². The number of amides is 1. The topological polar surface area (TPSA) is 46.9 Å². The average Bonchev–Trinajstić information content (AvgIpc) is 3.32. The minimum Gasteiger partial charge on any atom is -0.356 e. The Kier molecular flexibility index (Phi) is 5.38. The van der Waals surface area contributed by atoms with Crippen LogP contribution in [0.2, 0.25) is 15.2 Å². The molecule has 1 saturated carbocycles. The number of hydrogen-bond acceptors (Lipinski definition) is 2. The molecule has 2 aromatic rings. The number of carbonyl (C=O) groups is 1. The summed E-state index contributed by atoms with van der Waals surface area (Å²) in [5, 5.41) is 8.90. The normalized spacial score (nSPS) is 19.3. The van der Waals surface area contributed by atoms with E-state index < -0.39 is 0 Å². The molecule has 24 heavy (non-hydrogen) atoms. The van der Waals surface area contributed by atoms with Crippen LogP contribution < -0.4 is 5.32 Å². The van der Waals surface area contributed by atoms with Crippen molar-refractivity contribution in [3.05, 3.63) is 50.7 Å². The summed E-state index contributed by atoms with van der Waals surface area (Å²) in [6, 6.07) is 7.72. The number of benzene rings is 1. The van der Waals surface area contributed by atoms with Gasteiger partial charge in [-0.1, -0.05) is 46.9 Å². The van der Waals surface area contributed by atoms with Crippen molar-refractivity contribution in [2.45, 2.75) is 32.2 Å². The third-order valence-corrected chi connectivity index (χ3v) is 5.45. The van der Waals surface area contributed by atoms with Crippen molar-refractivity contribution in [2.75, 3.05) is 6.54 Å². The maximum absolute atomic E-state index is 12.2. The number of nitrogens with one attached hydrogen (secondary N) is 1. The van der Waals surface area contributed by atoms with E-state index in [1.54, 1.807) is 4.68 Å². The monoisotopic (exact) mass is 385 g/mol. The Labute approximate surface area is 156 Å². The second-order valence-electron chi connectivity index (χ2n) is 6.06. The number of carbonyl (C=O) groups excluding carboxylic acids is 1. The van der Waals surface area contributed by atoms with Gasteiger partial charge in [0.15, 0.2) is 0 Å². The lowest BCUT2D eigenvalue weighted by atomic mass is 10.1. The van der Waals surface area contributed by atoms with Crippen LogP contribution in [0, 0.1) is 12.8 Å². The lowest BCUT2D eigenvalue weighted by Gasteiger charge is -2.06. The van der Waals surface area contributed by atoms with Gasteiger partial charge in [0.2, 0.25) is 5.91 Å². The van der Waals surface area contributed by atoms with Crippen molar-refractivity contribution in [2.24, 2.45) is 5.92 Å². The highest BCUT2D eigenvalue weighted by atomic mass is 35.5. The van der Waals surface area contributed by atoms with Crippen molar-refractivity contribution in [1.82, 2.24) is 15.1 Å². The van der Waals surface area contributed by atoms with Gasteiger partial charge in [-0.05, 0) is 43.4 Å². The van der Waals surface area contributed by atoms with Crippen LogP contribution in [0.15, 0.2) is 24.3 Å². The third kappa shape index (κ3) is 3.88. The van der Waals surface area contributed by atoms with E-state index in [-0.39, 0.29) is 11.8 Å². The number of hydrogen-bond donors (Lipinski definition) is 1. The molecule has 1 N–H and O–H groups in total. The number of nitrogens with zero attached hydrogens (tertiary/aromatic N) is 2. The predicted octanol–water partition coefficient (Wildman–Crippen LogP) is 4.46. The summed E-state index contributed by atoms with van der Waals surface area (Å²) in [6.07, 6.45) is 1.65. The Morgan fingerprint density at radius 2 is 2.00 bits per heavy atom. The van der Waals surface area contributed by atoms with Gasteiger partial charge in [-0.3, -0.25) is 9.48 Å². The molecule has 0 radical (unpaired) electrons. The number of aryl methyl sites for hydroxylation is 2. The van der Waals surface area contributed by atoms with Gasteiger partial charge < -0.3 is 5.32 Å². The fourth-order valence-electron chi connectivity index (χ4n) is 2.81. The van der Waals surface area contributed by atoms with E-state index in [1.807, 2.05) is 31.2 Å². The average molecular weight is 387 g/mol. The van der Waals surface area contributed by atoms with Crippen LogP contribution in [-0.4, -0.2) is 22.2 Å². The smallest absolute Gasteiger partial charge is 0.223 e. The van der Waals surface area contributed by atoms with Crippen molar-refractivity contribution >= 4 is 40.7 Å². The quantitative estimate of drug-likeness (QED) is 0.745. The number of aromatic nitrogens is 2. The summed E-state index contributed by atoms with van der Waals surface area (Å²) < 4.78 is 1.67. The zero-order valence-corrected chi connectivity index (χ0v) is 15.5. The molecule has 1 aliphatic carbocycles. The van der Waals surface area contributed by atoms with Crippen LogP contribution in [0.5, 0.6) is 0 Å². The van der Waals surface area contributed by atoms with Crippen molar-refractivity contribution in [1.29, 1.82) is 0 Å². The Bertz CT molecular complexity index is 742. The highest BCUT2D eigenvalue weighted by molar-refractivity contribution is 6.41. The fourth-order valence-corrected chi connectivity index (χ4v) is 3.33. The molecule has 4 nitrogen and oxygen atoms in total. The molecule has 3 rings (SSSR count). The van der Waals surface area contributed by atoms with Crippen molar-refractivity contribution in [3.8, 4) is 0 Å². The van der Waals surface area contributed by atoms with Crippen LogP contribution in [0.3, 0.4) is 0 Å². The first-order valence-electron chi connectivity index (χ1n) is 7.89. The minimum absolute atomic E-state index is 0.0659. The van der Waals surface area contributed by atoms with Crippen LogP contribution >= 0.6 is 34.8 Å². The van der Waals surface area contributed by atoms with E-state index in [2.05, 4.69) is 10.4 Å². The lowest BCUT2D eigenvalue weighted by Crippen LogP contribution is -2.27. The Balaban J connectivity index is 1.42. The summed E-state index contributed by atoms with van der Waals surface area (Å²) in [5.74, 6) is 0.483. The predicted molar refractivity (Wildman–Crippen MR) is 96.9 cm³/mol. The first kappa shape index (κ1) is 17.6.